The van der Waals surface area contributed by atoms with Crippen LogP contribution in [0.2, 0.25) is 0 Å². The van der Waals surface area contributed by atoms with Gasteiger partial charge in [0.1, 0.15) is 0 Å². The molecule has 3 aromatic rings. The van der Waals surface area contributed by atoms with Crippen LogP contribution in [0.1, 0.15) is 12.0 Å². The van der Waals surface area contributed by atoms with Crippen molar-refractivity contribution in [3.63, 3.8) is 0 Å². The third-order valence-corrected chi connectivity index (χ3v) is 3.65. The molecule has 0 unspecified atom stereocenters. The fourth-order valence-corrected chi connectivity index (χ4v) is 2.51. The van der Waals surface area contributed by atoms with E-state index in [9.17, 15) is 4.79 Å². The summed E-state index contributed by atoms with van der Waals surface area (Å²) in [6.45, 7) is 0.638. The van der Waals surface area contributed by atoms with Crippen LogP contribution in [0.4, 0.5) is 10.5 Å². The van der Waals surface area contributed by atoms with Crippen molar-refractivity contribution in [1.82, 2.24) is 10.3 Å². The summed E-state index contributed by atoms with van der Waals surface area (Å²) in [6, 6.07) is 19.7. The van der Waals surface area contributed by atoms with E-state index < -0.39 is 0 Å². The Bertz CT molecular complexity index is 781. The summed E-state index contributed by atoms with van der Waals surface area (Å²) < 4.78 is 0. The fourth-order valence-electron chi connectivity index (χ4n) is 2.51. The molecule has 2 amide bonds. The first kappa shape index (κ1) is 15.0. The van der Waals surface area contributed by atoms with Gasteiger partial charge in [0, 0.05) is 18.1 Å². The van der Waals surface area contributed by atoms with Gasteiger partial charge in [-0.15, -0.1) is 0 Å². The van der Waals surface area contributed by atoms with E-state index in [2.05, 4.69) is 27.8 Å². The van der Waals surface area contributed by atoms with E-state index in [1.807, 2.05) is 48.5 Å². The topological polar surface area (TPSA) is 54.0 Å². The monoisotopic (exact) mass is 305 g/mol. The van der Waals surface area contributed by atoms with Crippen molar-refractivity contribution in [1.29, 1.82) is 0 Å². The molecule has 2 N–H and O–H groups in total. The minimum absolute atomic E-state index is 0.198. The van der Waals surface area contributed by atoms with Crippen LogP contribution in [-0.4, -0.2) is 17.6 Å². The van der Waals surface area contributed by atoms with Gasteiger partial charge in [-0.3, -0.25) is 4.98 Å². The van der Waals surface area contributed by atoms with E-state index in [0.29, 0.717) is 6.54 Å². The van der Waals surface area contributed by atoms with Gasteiger partial charge in [0.15, 0.2) is 0 Å². The molecule has 0 aliphatic heterocycles. The number of pyridine rings is 1. The second-order valence-corrected chi connectivity index (χ2v) is 5.35. The number of amides is 2. The summed E-state index contributed by atoms with van der Waals surface area (Å²) in [6.07, 6.45) is 3.59. The molecule has 1 heterocycles. The van der Waals surface area contributed by atoms with Crippen LogP contribution in [0, 0.1) is 0 Å². The number of benzene rings is 2. The van der Waals surface area contributed by atoms with Crippen LogP contribution >= 0.6 is 0 Å². The lowest BCUT2D eigenvalue weighted by Crippen LogP contribution is -2.29. The van der Waals surface area contributed by atoms with Crippen molar-refractivity contribution in [3.05, 3.63) is 72.4 Å². The number of hydrogen-bond donors (Lipinski definition) is 2. The summed E-state index contributed by atoms with van der Waals surface area (Å²) >= 11 is 0. The number of hydrogen-bond acceptors (Lipinski definition) is 2. The Kier molecular flexibility index (Phi) is 4.84. The number of para-hydroxylation sites is 1. The number of nitrogens with one attached hydrogen (secondary N) is 2. The van der Waals surface area contributed by atoms with Gasteiger partial charge in [0.05, 0.1) is 11.2 Å². The van der Waals surface area contributed by atoms with Gasteiger partial charge in [0.25, 0.3) is 0 Å². The Morgan fingerprint density at radius 2 is 1.78 bits per heavy atom. The fraction of sp³-hybridized carbons (Fsp3) is 0.158. The van der Waals surface area contributed by atoms with Crippen LogP contribution in [0.3, 0.4) is 0 Å². The highest BCUT2D eigenvalue weighted by atomic mass is 16.2. The zero-order valence-electron chi connectivity index (χ0n) is 12.8. The molecule has 2 aromatic carbocycles. The second-order valence-electron chi connectivity index (χ2n) is 5.35. The highest BCUT2D eigenvalue weighted by Crippen LogP contribution is 2.20. The molecule has 0 aliphatic carbocycles. The Morgan fingerprint density at radius 3 is 2.65 bits per heavy atom. The Hall–Kier alpha value is -2.88. The normalized spacial score (nSPS) is 10.4. The van der Waals surface area contributed by atoms with Crippen molar-refractivity contribution in [2.45, 2.75) is 12.8 Å². The molecule has 3 rings (SSSR count). The maximum Gasteiger partial charge on any atom is 0.319 e. The van der Waals surface area contributed by atoms with E-state index in [0.717, 1.165) is 29.4 Å². The van der Waals surface area contributed by atoms with Crippen molar-refractivity contribution >= 4 is 22.6 Å². The number of carbonyl (C=O) groups excluding carboxylic acids is 1. The molecule has 4 nitrogen and oxygen atoms in total. The lowest BCUT2D eigenvalue weighted by Gasteiger charge is -2.09. The number of carbonyl (C=O) groups is 1. The molecule has 0 bridgehead atoms. The van der Waals surface area contributed by atoms with Gasteiger partial charge in [-0.05, 0) is 30.5 Å². The third kappa shape index (κ3) is 4.07. The molecule has 0 saturated heterocycles. The van der Waals surface area contributed by atoms with Gasteiger partial charge in [-0.2, -0.15) is 0 Å². The molecule has 0 saturated carbocycles. The van der Waals surface area contributed by atoms with Crippen molar-refractivity contribution in [2.75, 3.05) is 11.9 Å². The first-order valence-corrected chi connectivity index (χ1v) is 7.75. The van der Waals surface area contributed by atoms with Crippen molar-refractivity contribution in [2.24, 2.45) is 0 Å². The number of rotatable bonds is 5. The van der Waals surface area contributed by atoms with Gasteiger partial charge in [-0.1, -0.05) is 48.5 Å². The standard InChI is InChI=1S/C19H19N3O/c23-19(21-14-5-9-15-7-2-1-3-8-15)22-17-12-4-10-16-11-6-13-20-18(16)17/h1-4,6-8,10-13H,5,9,14H2,(H2,21,22,23). The highest BCUT2D eigenvalue weighted by Gasteiger charge is 2.05. The van der Waals surface area contributed by atoms with E-state index in [-0.39, 0.29) is 6.03 Å². The molecule has 0 radical (unpaired) electrons. The minimum atomic E-state index is -0.198. The molecular formula is C19H19N3O. The predicted molar refractivity (Wildman–Crippen MR) is 93.5 cm³/mol. The highest BCUT2D eigenvalue weighted by molar-refractivity contribution is 5.99. The maximum absolute atomic E-state index is 12.0. The number of urea groups is 1. The molecule has 0 atom stereocenters. The molecule has 1 aromatic heterocycles. The molecule has 0 aliphatic rings. The molecule has 23 heavy (non-hydrogen) atoms. The molecule has 116 valence electrons. The number of anilines is 1. The van der Waals surface area contributed by atoms with E-state index in [1.165, 1.54) is 5.56 Å². The number of aromatic nitrogens is 1. The zero-order valence-corrected chi connectivity index (χ0v) is 12.8. The van der Waals surface area contributed by atoms with E-state index in [4.69, 9.17) is 0 Å². The summed E-state index contributed by atoms with van der Waals surface area (Å²) in [4.78, 5) is 16.3. The number of nitrogens with zero attached hydrogens (tertiary/aromatic N) is 1. The quantitative estimate of drug-likeness (QED) is 0.700. The zero-order chi connectivity index (χ0) is 15.9. The van der Waals surface area contributed by atoms with Crippen molar-refractivity contribution in [3.8, 4) is 0 Å². The summed E-state index contributed by atoms with van der Waals surface area (Å²) in [5.74, 6) is 0. The Balaban J connectivity index is 1.51. The lowest BCUT2D eigenvalue weighted by molar-refractivity contribution is 0.252. The van der Waals surface area contributed by atoms with Crippen LogP contribution in [0.25, 0.3) is 10.9 Å². The minimum Gasteiger partial charge on any atom is -0.338 e. The second kappa shape index (κ2) is 7.40. The maximum atomic E-state index is 12.0. The van der Waals surface area contributed by atoms with Gasteiger partial charge >= 0.3 is 6.03 Å². The van der Waals surface area contributed by atoms with E-state index >= 15 is 0 Å². The van der Waals surface area contributed by atoms with Gasteiger partial charge in [-0.25, -0.2) is 4.79 Å². The molecule has 4 heteroatoms. The van der Waals surface area contributed by atoms with Crippen LogP contribution in [0.15, 0.2) is 66.9 Å². The summed E-state index contributed by atoms with van der Waals surface area (Å²) in [7, 11) is 0. The average molecular weight is 305 g/mol. The molecule has 0 spiro atoms. The first-order chi connectivity index (χ1) is 11.3. The van der Waals surface area contributed by atoms with Gasteiger partial charge < -0.3 is 10.6 Å². The Labute approximate surface area is 135 Å². The summed E-state index contributed by atoms with van der Waals surface area (Å²) in [5, 5.41) is 6.77. The van der Waals surface area contributed by atoms with Crippen LogP contribution in [0.5, 0.6) is 0 Å². The molecular weight excluding hydrogens is 286 g/mol. The number of aryl methyl sites for hydroxylation is 1. The number of fused-ring (bicyclic) bond motifs is 1. The average Bonchev–Trinajstić information content (AvgIpc) is 2.60. The van der Waals surface area contributed by atoms with Gasteiger partial charge in [0.2, 0.25) is 0 Å². The molecule has 0 fully saturated rings. The SMILES string of the molecule is O=C(NCCCc1ccccc1)Nc1cccc2cccnc12. The predicted octanol–water partition coefficient (Wildman–Crippen LogP) is 3.99. The third-order valence-electron chi connectivity index (χ3n) is 3.65. The van der Waals surface area contributed by atoms with E-state index in [1.54, 1.807) is 6.20 Å². The smallest absolute Gasteiger partial charge is 0.319 e. The Morgan fingerprint density at radius 1 is 0.957 bits per heavy atom. The van der Waals surface area contributed by atoms with Crippen molar-refractivity contribution < 1.29 is 4.79 Å². The first-order valence-electron chi connectivity index (χ1n) is 7.75. The van der Waals surface area contributed by atoms with Crippen LogP contribution in [-0.2, 0) is 6.42 Å². The summed E-state index contributed by atoms with van der Waals surface area (Å²) in [5.41, 5.74) is 2.81. The lowest BCUT2D eigenvalue weighted by atomic mass is 10.1. The largest absolute Gasteiger partial charge is 0.338 e. The van der Waals surface area contributed by atoms with Crippen LogP contribution < -0.4 is 10.6 Å².